The molecule has 6 nitrogen and oxygen atoms in total. The zero-order chi connectivity index (χ0) is 26.5. The summed E-state index contributed by atoms with van der Waals surface area (Å²) in [6.45, 7) is 5.79. The lowest BCUT2D eigenvalue weighted by atomic mass is 9.94. The van der Waals surface area contributed by atoms with Gasteiger partial charge in [0.1, 0.15) is 12.1 Å². The van der Waals surface area contributed by atoms with Gasteiger partial charge in [-0.25, -0.2) is 0 Å². The number of carbonyl (C=O) groups excluding carboxylic acids is 3. The molecule has 1 heterocycles. The lowest BCUT2D eigenvalue weighted by Gasteiger charge is -2.26. The first-order valence-electron chi connectivity index (χ1n) is 12.3. The topological polar surface area (TPSA) is 86.7 Å². The van der Waals surface area contributed by atoms with Gasteiger partial charge in [-0.1, -0.05) is 44.9 Å². The lowest BCUT2D eigenvalue weighted by molar-refractivity contribution is -0.138. The fraction of sp³-hybridized carbons (Fsp3) is 0.571. The first kappa shape index (κ1) is 13.0. The molecule has 6 heteroatoms. The van der Waals surface area contributed by atoms with Crippen LogP contribution in [0.4, 0.5) is 0 Å². The zero-order valence-corrected chi connectivity index (χ0v) is 16.1. The lowest BCUT2D eigenvalue weighted by Crippen LogP contribution is -2.44. The normalized spacial score (nSPS) is 30.3. The summed E-state index contributed by atoms with van der Waals surface area (Å²) in [7, 11) is 1.15. The van der Waals surface area contributed by atoms with Crippen molar-refractivity contribution in [3.05, 3.63) is 35.3 Å². The van der Waals surface area contributed by atoms with Crippen molar-refractivity contribution in [2.75, 3.05) is 7.05 Å². The standard InChI is InChI=1S/C21H30N2O4/c1-12(2)19(25)17(24)10-13(3)20(26)22-18-16-9-7-6-8-15(16)11-14(4)23(5)21(18)27/h6-9,12-14,18-19,25H,10-11H2,1-5H3,(H,22,26)/t13-,14?,18+,19+/m1/s1/i6D,7D,8D,9D,11D2,14D. The predicted octanol–water partition coefficient (Wildman–Crippen LogP) is 1.86. The Balaban J connectivity index is 2.62. The van der Waals surface area contributed by atoms with E-state index in [0.717, 1.165) is 18.9 Å². The maximum absolute atomic E-state index is 13.3. The van der Waals surface area contributed by atoms with Crippen LogP contribution < -0.4 is 5.32 Å². The molecule has 2 N–H and O–H groups in total. The summed E-state index contributed by atoms with van der Waals surface area (Å²) in [6, 6.07) is -6.89. The minimum Gasteiger partial charge on any atom is -0.385 e. The highest BCUT2D eigenvalue weighted by Crippen LogP contribution is 2.27. The number of rotatable bonds is 6. The van der Waals surface area contributed by atoms with Gasteiger partial charge in [0.15, 0.2) is 5.78 Å². The molecule has 1 aromatic carbocycles. The predicted molar refractivity (Wildman–Crippen MR) is 103 cm³/mol. The van der Waals surface area contributed by atoms with Crippen molar-refractivity contribution in [2.24, 2.45) is 11.8 Å². The Bertz CT molecular complexity index is 1030. The van der Waals surface area contributed by atoms with Crippen molar-refractivity contribution in [1.82, 2.24) is 10.2 Å². The van der Waals surface area contributed by atoms with Gasteiger partial charge in [-0.2, -0.15) is 0 Å². The molecule has 1 aromatic rings. The number of nitrogens with zero attached hydrogens (tertiary/aromatic N) is 1. The van der Waals surface area contributed by atoms with Crippen molar-refractivity contribution >= 4 is 17.6 Å². The molecule has 1 aliphatic heterocycles. The zero-order valence-electron chi connectivity index (χ0n) is 23.1. The summed E-state index contributed by atoms with van der Waals surface area (Å²) in [6.07, 6.45) is -4.34. The molecule has 148 valence electrons. The van der Waals surface area contributed by atoms with Crippen LogP contribution in [-0.2, 0) is 20.8 Å². The van der Waals surface area contributed by atoms with E-state index in [9.17, 15) is 19.5 Å². The molecule has 0 aromatic heterocycles. The molecule has 27 heavy (non-hydrogen) atoms. The number of benzene rings is 1. The third-order valence-electron chi connectivity index (χ3n) is 4.59. The monoisotopic (exact) mass is 381 g/mol. The number of carbonyl (C=O) groups is 3. The molecule has 0 saturated heterocycles. The van der Waals surface area contributed by atoms with Gasteiger partial charge in [0.25, 0.3) is 0 Å². The quantitative estimate of drug-likeness (QED) is 0.787. The van der Waals surface area contributed by atoms with Crippen LogP contribution in [0.3, 0.4) is 0 Å². The maximum atomic E-state index is 13.3. The van der Waals surface area contributed by atoms with Crippen molar-refractivity contribution < 1.29 is 29.1 Å². The number of aliphatic hydroxyl groups excluding tert-OH is 1. The van der Waals surface area contributed by atoms with E-state index < -0.39 is 83.3 Å². The summed E-state index contributed by atoms with van der Waals surface area (Å²) in [5, 5.41) is 12.3. The molecule has 2 rings (SSSR count). The number of Topliss-reactive ketones (excluding diaryl/α,β-unsaturated/α-hetero) is 1. The molecule has 2 amide bonds. The number of hydrogen-bond acceptors (Lipinski definition) is 4. The highest BCUT2D eigenvalue weighted by Gasteiger charge is 2.34. The fourth-order valence-corrected chi connectivity index (χ4v) is 2.69. The number of ketones is 1. The van der Waals surface area contributed by atoms with Gasteiger partial charge in [0.2, 0.25) is 11.8 Å². The molecule has 0 bridgehead atoms. The fourth-order valence-electron chi connectivity index (χ4n) is 2.69. The van der Waals surface area contributed by atoms with E-state index in [1.807, 2.05) is 0 Å². The second-order valence-corrected chi connectivity index (χ2v) is 7.10. The Morgan fingerprint density at radius 3 is 2.67 bits per heavy atom. The van der Waals surface area contributed by atoms with Gasteiger partial charge in [0.05, 0.1) is 6.85 Å². The maximum Gasteiger partial charge on any atom is 0.249 e. The van der Waals surface area contributed by atoms with Crippen LogP contribution in [-0.4, -0.2) is 46.8 Å². The number of nitrogens with one attached hydrogen (secondary N) is 1. The second kappa shape index (κ2) is 8.65. The first-order valence-corrected chi connectivity index (χ1v) is 8.79. The summed E-state index contributed by atoms with van der Waals surface area (Å²) in [4.78, 5) is 39.2. The minimum atomic E-state index is -2.73. The summed E-state index contributed by atoms with van der Waals surface area (Å²) < 4.78 is 58.3. The van der Waals surface area contributed by atoms with Crippen LogP contribution >= 0.6 is 0 Å². The van der Waals surface area contributed by atoms with Crippen molar-refractivity contribution in [1.29, 1.82) is 0 Å². The molecule has 0 spiro atoms. The van der Waals surface area contributed by atoms with Gasteiger partial charge in [0, 0.05) is 28.1 Å². The SMILES string of the molecule is [2H]c1c([2H])c([2H])c2c(c1[2H])[C@H](NC(=O)[C@H](C)CC(=O)[C@@H](O)C(C)C)C(=O)N(C)C([2H])(C)C2([2H])[2H]. The van der Waals surface area contributed by atoms with Crippen LogP contribution in [0.25, 0.3) is 0 Å². The highest BCUT2D eigenvalue weighted by molar-refractivity contribution is 5.93. The van der Waals surface area contributed by atoms with Gasteiger partial charge < -0.3 is 15.3 Å². The molecule has 0 fully saturated rings. The van der Waals surface area contributed by atoms with Crippen LogP contribution in [0, 0.1) is 11.8 Å². The Kier molecular flexibility index (Phi) is 4.18. The third kappa shape index (κ3) is 4.75. The van der Waals surface area contributed by atoms with Crippen LogP contribution in [0.2, 0.25) is 0 Å². The van der Waals surface area contributed by atoms with Gasteiger partial charge in [-0.3, -0.25) is 14.4 Å². The van der Waals surface area contributed by atoms with E-state index in [1.54, 1.807) is 13.8 Å². The number of aliphatic hydroxyl groups is 1. The highest BCUT2D eigenvalue weighted by atomic mass is 16.3. The summed E-state index contributed by atoms with van der Waals surface area (Å²) in [5.41, 5.74) is -1.05. The van der Waals surface area contributed by atoms with Crippen molar-refractivity contribution in [3.8, 4) is 0 Å². The molecular weight excluding hydrogens is 344 g/mol. The number of amides is 2. The largest absolute Gasteiger partial charge is 0.385 e. The molecule has 0 saturated carbocycles. The average Bonchev–Trinajstić information content (AvgIpc) is 2.79. The Morgan fingerprint density at radius 1 is 1.41 bits per heavy atom. The molecule has 0 aliphatic carbocycles. The number of likely N-dealkylation sites (N-methyl/N-ethyl adjacent to an activating group) is 1. The van der Waals surface area contributed by atoms with Crippen LogP contribution in [0.15, 0.2) is 24.2 Å². The van der Waals surface area contributed by atoms with Crippen LogP contribution in [0.1, 0.15) is 60.9 Å². The Hall–Kier alpha value is -2.21. The molecular formula is C21H30N2O4. The van der Waals surface area contributed by atoms with E-state index in [0.29, 0.717) is 0 Å². The Labute approximate surface area is 170 Å². The van der Waals surface area contributed by atoms with Gasteiger partial charge in [-0.15, -0.1) is 0 Å². The Morgan fingerprint density at radius 2 is 2.04 bits per heavy atom. The van der Waals surface area contributed by atoms with E-state index in [4.69, 9.17) is 9.60 Å². The third-order valence-corrected chi connectivity index (χ3v) is 4.59. The second-order valence-electron chi connectivity index (χ2n) is 7.10. The van der Waals surface area contributed by atoms with E-state index in [1.165, 1.54) is 6.92 Å². The summed E-state index contributed by atoms with van der Waals surface area (Å²) >= 11 is 0. The molecule has 1 unspecified atom stereocenters. The number of fused-ring (bicyclic) bond motifs is 1. The van der Waals surface area contributed by atoms with E-state index >= 15 is 0 Å². The van der Waals surface area contributed by atoms with Gasteiger partial charge in [-0.05, 0) is 30.3 Å². The van der Waals surface area contributed by atoms with E-state index in [2.05, 4.69) is 5.32 Å². The smallest absolute Gasteiger partial charge is 0.249 e. The van der Waals surface area contributed by atoms with Crippen molar-refractivity contribution in [3.63, 3.8) is 0 Å². The number of hydrogen-bond donors (Lipinski definition) is 2. The van der Waals surface area contributed by atoms with Crippen LogP contribution in [0.5, 0.6) is 0 Å². The van der Waals surface area contributed by atoms with Gasteiger partial charge >= 0.3 is 0 Å². The van der Waals surface area contributed by atoms with E-state index in [-0.39, 0.29) is 12.3 Å². The molecule has 4 atom stereocenters. The average molecular weight is 382 g/mol. The van der Waals surface area contributed by atoms with Crippen molar-refractivity contribution in [2.45, 2.75) is 58.7 Å². The molecule has 1 aliphatic rings. The summed E-state index contributed by atoms with van der Waals surface area (Å²) in [5.74, 6) is -3.68. The first-order chi connectivity index (χ1) is 15.4. The molecule has 0 radical (unpaired) electrons. The minimum absolute atomic E-state index is 0.335.